The number of anilines is 2. The third-order valence-corrected chi connectivity index (χ3v) is 4.01. The summed E-state index contributed by atoms with van der Waals surface area (Å²) in [6, 6.07) is 8.32. The molecule has 1 aromatic carbocycles. The first-order valence-electron chi connectivity index (χ1n) is 6.35. The number of fused-ring (bicyclic) bond motifs is 1. The van der Waals surface area contributed by atoms with Gasteiger partial charge in [-0.15, -0.1) is 0 Å². The predicted octanol–water partition coefficient (Wildman–Crippen LogP) is 3.93. The monoisotopic (exact) mass is 338 g/mol. The van der Waals surface area contributed by atoms with Crippen molar-refractivity contribution < 1.29 is 18.0 Å². The lowest BCUT2D eigenvalue weighted by atomic mass is 10.2. The van der Waals surface area contributed by atoms with Gasteiger partial charge < -0.3 is 5.73 Å². The molecule has 23 heavy (non-hydrogen) atoms. The molecule has 3 rings (SSSR count). The van der Waals surface area contributed by atoms with Crippen LogP contribution in [-0.2, 0) is 6.18 Å². The van der Waals surface area contributed by atoms with Gasteiger partial charge in [-0.25, -0.2) is 19.7 Å². The van der Waals surface area contributed by atoms with Crippen molar-refractivity contribution in [3.05, 3.63) is 48.3 Å². The molecular weight excluding hydrogens is 329 g/mol. The molecule has 2 heterocycles. The highest BCUT2D eigenvalue weighted by atomic mass is 32.1. The van der Waals surface area contributed by atoms with Gasteiger partial charge in [-0.2, -0.15) is 13.2 Å². The fourth-order valence-electron chi connectivity index (χ4n) is 2.07. The zero-order valence-corrected chi connectivity index (χ0v) is 12.2. The average Bonchev–Trinajstić information content (AvgIpc) is 2.89. The van der Waals surface area contributed by atoms with Gasteiger partial charge in [-0.05, 0) is 24.3 Å². The first-order valence-corrected chi connectivity index (χ1v) is 7.17. The second kappa shape index (κ2) is 5.51. The topological polar surface area (TPSA) is 72.1 Å². The molecule has 3 aromatic rings. The van der Waals surface area contributed by atoms with Gasteiger partial charge in [0.2, 0.25) is 0 Å². The minimum atomic E-state index is -4.72. The maximum atomic E-state index is 13.1. The number of urea groups is 1. The van der Waals surface area contributed by atoms with Gasteiger partial charge in [0.25, 0.3) is 0 Å². The Morgan fingerprint density at radius 3 is 2.57 bits per heavy atom. The molecule has 9 heteroatoms. The predicted molar refractivity (Wildman–Crippen MR) is 80.6 cm³/mol. The van der Waals surface area contributed by atoms with Gasteiger partial charge in [-0.3, -0.25) is 0 Å². The number of hydrogen-bond donors (Lipinski definition) is 1. The first kappa shape index (κ1) is 15.2. The van der Waals surface area contributed by atoms with Crippen LogP contribution in [0.2, 0.25) is 0 Å². The van der Waals surface area contributed by atoms with Crippen molar-refractivity contribution in [2.75, 3.05) is 4.90 Å². The van der Waals surface area contributed by atoms with Gasteiger partial charge in [0.1, 0.15) is 0 Å². The molecule has 0 aliphatic rings. The normalized spacial score (nSPS) is 11.6. The van der Waals surface area contributed by atoms with Crippen molar-refractivity contribution in [2.24, 2.45) is 5.73 Å². The number of carbonyl (C=O) groups excluding carboxylic acids is 1. The van der Waals surface area contributed by atoms with Crippen LogP contribution in [0.5, 0.6) is 0 Å². The minimum Gasteiger partial charge on any atom is -0.351 e. The molecule has 0 unspecified atom stereocenters. The zero-order valence-electron chi connectivity index (χ0n) is 11.4. The fraction of sp³-hybridized carbons (Fsp3) is 0.0714. The van der Waals surface area contributed by atoms with E-state index in [1.165, 1.54) is 6.07 Å². The number of rotatable bonds is 2. The molecule has 0 saturated carbocycles. The van der Waals surface area contributed by atoms with E-state index in [2.05, 4.69) is 9.97 Å². The summed E-state index contributed by atoms with van der Waals surface area (Å²) >= 11 is 1.07. The summed E-state index contributed by atoms with van der Waals surface area (Å²) in [6.45, 7) is 0. The molecule has 0 spiro atoms. The Hall–Kier alpha value is -2.68. The second-order valence-electron chi connectivity index (χ2n) is 4.51. The van der Waals surface area contributed by atoms with Gasteiger partial charge in [-0.1, -0.05) is 23.5 Å². The highest BCUT2D eigenvalue weighted by Gasteiger charge is 2.38. The zero-order chi connectivity index (χ0) is 16.6. The van der Waals surface area contributed by atoms with E-state index in [4.69, 9.17) is 5.73 Å². The molecule has 118 valence electrons. The molecule has 5 nitrogen and oxygen atoms in total. The molecule has 0 atom stereocenters. The Morgan fingerprint density at radius 2 is 1.91 bits per heavy atom. The van der Waals surface area contributed by atoms with Crippen LogP contribution in [0.3, 0.4) is 0 Å². The van der Waals surface area contributed by atoms with E-state index in [0.29, 0.717) is 5.52 Å². The Kier molecular flexibility index (Phi) is 3.64. The highest BCUT2D eigenvalue weighted by molar-refractivity contribution is 7.22. The number of pyridine rings is 1. The number of carbonyl (C=O) groups is 1. The van der Waals surface area contributed by atoms with Gasteiger partial charge in [0, 0.05) is 6.20 Å². The molecule has 0 fully saturated rings. The van der Waals surface area contributed by atoms with Crippen LogP contribution in [0.25, 0.3) is 10.2 Å². The average molecular weight is 338 g/mol. The van der Waals surface area contributed by atoms with E-state index in [0.717, 1.165) is 33.2 Å². The Bertz CT molecular complexity index is 845. The van der Waals surface area contributed by atoms with Crippen LogP contribution in [0.15, 0.2) is 42.6 Å². The molecule has 0 radical (unpaired) electrons. The molecule has 0 aliphatic heterocycles. The smallest absolute Gasteiger partial charge is 0.351 e. The van der Waals surface area contributed by atoms with E-state index < -0.39 is 23.6 Å². The van der Waals surface area contributed by atoms with Gasteiger partial charge >= 0.3 is 12.2 Å². The second-order valence-corrected chi connectivity index (χ2v) is 5.52. The quantitative estimate of drug-likeness (QED) is 0.769. The summed E-state index contributed by atoms with van der Waals surface area (Å²) in [6.07, 6.45) is -3.72. The van der Waals surface area contributed by atoms with E-state index in [-0.39, 0.29) is 5.13 Å². The summed E-state index contributed by atoms with van der Waals surface area (Å²) in [5.41, 5.74) is 4.21. The standard InChI is InChI=1S/C14H9F3N4OS/c15-14(16,17)11-9(5-3-7-19-11)21(12(18)22)13-20-8-4-1-2-6-10(8)23-13/h1-7H,(H2,18,22). The Labute approximate surface area is 132 Å². The third kappa shape index (κ3) is 2.82. The number of nitrogens with zero attached hydrogens (tertiary/aromatic N) is 3. The lowest BCUT2D eigenvalue weighted by Gasteiger charge is -2.20. The van der Waals surface area contributed by atoms with Crippen molar-refractivity contribution in [2.45, 2.75) is 6.18 Å². The molecule has 2 amide bonds. The van der Waals surface area contributed by atoms with Gasteiger partial charge in [0.15, 0.2) is 10.8 Å². The number of amides is 2. The summed E-state index contributed by atoms with van der Waals surface area (Å²) < 4.78 is 40.1. The van der Waals surface area contributed by atoms with Crippen molar-refractivity contribution in [3.63, 3.8) is 0 Å². The van der Waals surface area contributed by atoms with E-state index >= 15 is 0 Å². The van der Waals surface area contributed by atoms with Gasteiger partial charge in [0.05, 0.1) is 15.9 Å². The molecular formula is C14H9F3N4OS. The van der Waals surface area contributed by atoms with Crippen LogP contribution in [0.4, 0.5) is 28.8 Å². The van der Waals surface area contributed by atoms with E-state index in [9.17, 15) is 18.0 Å². The largest absolute Gasteiger partial charge is 0.435 e. The fourth-order valence-corrected chi connectivity index (χ4v) is 3.05. The van der Waals surface area contributed by atoms with Crippen molar-refractivity contribution in [1.82, 2.24) is 9.97 Å². The van der Waals surface area contributed by atoms with Crippen molar-refractivity contribution in [1.29, 1.82) is 0 Å². The van der Waals surface area contributed by atoms with Crippen LogP contribution < -0.4 is 10.6 Å². The first-order chi connectivity index (χ1) is 10.9. The summed E-state index contributed by atoms with van der Waals surface area (Å²) in [5, 5.41) is 0.0530. The Morgan fingerprint density at radius 1 is 1.17 bits per heavy atom. The minimum absolute atomic E-state index is 0.0530. The molecule has 2 N–H and O–H groups in total. The number of alkyl halides is 3. The number of hydrogen-bond acceptors (Lipinski definition) is 4. The number of thiazole rings is 1. The number of primary amides is 1. The van der Waals surface area contributed by atoms with E-state index in [1.54, 1.807) is 24.3 Å². The van der Waals surface area contributed by atoms with E-state index in [1.807, 2.05) is 0 Å². The lowest BCUT2D eigenvalue weighted by Crippen LogP contribution is -2.33. The molecule has 0 aliphatic carbocycles. The Balaban J connectivity index is 2.19. The molecule has 0 saturated heterocycles. The maximum absolute atomic E-state index is 13.1. The highest BCUT2D eigenvalue weighted by Crippen LogP contribution is 2.39. The number of nitrogens with two attached hydrogens (primary N) is 1. The van der Waals surface area contributed by atoms with Crippen LogP contribution >= 0.6 is 11.3 Å². The number of benzene rings is 1. The number of halogens is 3. The van der Waals surface area contributed by atoms with Crippen molar-refractivity contribution >= 4 is 38.4 Å². The SMILES string of the molecule is NC(=O)N(c1nc2ccccc2s1)c1cccnc1C(F)(F)F. The van der Waals surface area contributed by atoms with Crippen LogP contribution in [0, 0.1) is 0 Å². The van der Waals surface area contributed by atoms with Crippen molar-refractivity contribution in [3.8, 4) is 0 Å². The summed E-state index contributed by atoms with van der Waals surface area (Å²) in [4.78, 5) is 20.0. The maximum Gasteiger partial charge on any atom is 0.435 e. The third-order valence-electron chi connectivity index (χ3n) is 2.99. The lowest BCUT2D eigenvalue weighted by molar-refractivity contribution is -0.140. The summed E-state index contributed by atoms with van der Waals surface area (Å²) in [7, 11) is 0. The van der Waals surface area contributed by atoms with Crippen LogP contribution in [0.1, 0.15) is 5.69 Å². The molecule has 2 aromatic heterocycles. The molecule has 0 bridgehead atoms. The van der Waals surface area contributed by atoms with Crippen LogP contribution in [-0.4, -0.2) is 16.0 Å². The number of aromatic nitrogens is 2. The number of para-hydroxylation sites is 1. The summed E-state index contributed by atoms with van der Waals surface area (Å²) in [5.74, 6) is 0.